The molecule has 102 valence electrons. The number of ether oxygens (including phenoxy) is 2. The van der Waals surface area contributed by atoms with Crippen LogP contribution in [0.1, 0.15) is 20.3 Å². The third kappa shape index (κ3) is 3.32. The Balaban J connectivity index is 2.13. The highest BCUT2D eigenvalue weighted by molar-refractivity contribution is 5.85. The molecule has 0 bridgehead atoms. The molecule has 5 nitrogen and oxygen atoms in total. The maximum Gasteiger partial charge on any atom is 0.224 e. The topological polar surface area (TPSA) is 70.3 Å². The molecule has 2 rings (SSSR count). The van der Waals surface area contributed by atoms with Gasteiger partial charge < -0.3 is 15.2 Å². The summed E-state index contributed by atoms with van der Waals surface area (Å²) in [4.78, 5) is 8.35. The fraction of sp³-hybridized carbons (Fsp3) is 0.429. The molecule has 0 saturated carbocycles. The van der Waals surface area contributed by atoms with Gasteiger partial charge in [0.2, 0.25) is 5.88 Å². The zero-order valence-corrected chi connectivity index (χ0v) is 11.5. The second-order valence-electron chi connectivity index (χ2n) is 5.02. The summed E-state index contributed by atoms with van der Waals surface area (Å²) in [6.45, 7) is 4.58. The lowest BCUT2D eigenvalue weighted by molar-refractivity contribution is 0.00522. The largest absolute Gasteiger partial charge is 0.477 e. The van der Waals surface area contributed by atoms with Gasteiger partial charge in [-0.2, -0.15) is 0 Å². The van der Waals surface area contributed by atoms with Crippen LogP contribution >= 0.6 is 0 Å². The van der Waals surface area contributed by atoms with Gasteiger partial charge in [-0.15, -0.1) is 0 Å². The number of aromatic nitrogens is 2. The normalized spacial score (nSPS) is 11.7. The summed E-state index contributed by atoms with van der Waals surface area (Å²) >= 11 is 0. The van der Waals surface area contributed by atoms with Gasteiger partial charge in [0.15, 0.2) is 0 Å². The molecule has 1 aromatic heterocycles. The van der Waals surface area contributed by atoms with E-state index in [0.29, 0.717) is 18.2 Å². The number of nitrogens with two attached hydrogens (primary N) is 1. The van der Waals surface area contributed by atoms with E-state index in [2.05, 4.69) is 9.97 Å². The van der Waals surface area contributed by atoms with Gasteiger partial charge in [0.05, 0.1) is 23.1 Å². The van der Waals surface area contributed by atoms with Crippen LogP contribution in [0, 0.1) is 0 Å². The molecule has 0 unspecified atom stereocenters. The number of hydrogen-bond donors (Lipinski definition) is 1. The molecule has 0 spiro atoms. The van der Waals surface area contributed by atoms with Gasteiger partial charge in [-0.25, -0.2) is 9.97 Å². The first-order valence-corrected chi connectivity index (χ1v) is 6.20. The number of nitrogen functional groups attached to an aromatic ring is 1. The first-order chi connectivity index (χ1) is 9.02. The second kappa shape index (κ2) is 5.40. The second-order valence-corrected chi connectivity index (χ2v) is 5.02. The van der Waals surface area contributed by atoms with E-state index >= 15 is 0 Å². The summed E-state index contributed by atoms with van der Waals surface area (Å²) in [5, 5.41) is 0.868. The SMILES string of the molecule is COC(C)(C)CCOc1ncnc2cc(N)ccc12. The number of nitrogens with zero attached hydrogens (tertiary/aromatic N) is 2. The Morgan fingerprint density at radius 1 is 1.26 bits per heavy atom. The molecule has 19 heavy (non-hydrogen) atoms. The minimum absolute atomic E-state index is 0.201. The quantitative estimate of drug-likeness (QED) is 0.837. The highest BCUT2D eigenvalue weighted by atomic mass is 16.5. The summed E-state index contributed by atoms with van der Waals surface area (Å²) < 4.78 is 11.1. The molecule has 0 aliphatic carbocycles. The summed E-state index contributed by atoms with van der Waals surface area (Å²) in [5.41, 5.74) is 7.00. The fourth-order valence-electron chi connectivity index (χ4n) is 1.66. The Morgan fingerprint density at radius 3 is 2.79 bits per heavy atom. The van der Waals surface area contributed by atoms with E-state index in [1.807, 2.05) is 32.0 Å². The van der Waals surface area contributed by atoms with Crippen LogP contribution in [-0.4, -0.2) is 29.3 Å². The van der Waals surface area contributed by atoms with Gasteiger partial charge in [0.1, 0.15) is 6.33 Å². The van der Waals surface area contributed by atoms with Crippen LogP contribution in [0.3, 0.4) is 0 Å². The monoisotopic (exact) mass is 261 g/mol. The molecule has 0 saturated heterocycles. The minimum atomic E-state index is -0.201. The molecule has 0 aliphatic rings. The smallest absolute Gasteiger partial charge is 0.224 e. The predicted octanol–water partition coefficient (Wildman–Crippen LogP) is 2.41. The van der Waals surface area contributed by atoms with E-state index in [1.165, 1.54) is 6.33 Å². The molecule has 1 aromatic carbocycles. The van der Waals surface area contributed by atoms with E-state index in [9.17, 15) is 0 Å². The number of hydrogen-bond acceptors (Lipinski definition) is 5. The highest BCUT2D eigenvalue weighted by Crippen LogP contribution is 2.23. The predicted molar refractivity (Wildman–Crippen MR) is 75.2 cm³/mol. The molecule has 0 aliphatic heterocycles. The Bertz CT molecular complexity index is 570. The number of fused-ring (bicyclic) bond motifs is 1. The van der Waals surface area contributed by atoms with Crippen LogP contribution in [-0.2, 0) is 4.74 Å². The van der Waals surface area contributed by atoms with Gasteiger partial charge in [0.25, 0.3) is 0 Å². The number of rotatable bonds is 5. The summed E-state index contributed by atoms with van der Waals surface area (Å²) in [6.07, 6.45) is 2.27. The van der Waals surface area contributed by atoms with Gasteiger partial charge in [-0.05, 0) is 32.0 Å². The van der Waals surface area contributed by atoms with Crippen LogP contribution in [0.4, 0.5) is 5.69 Å². The van der Waals surface area contributed by atoms with Gasteiger partial charge in [-0.1, -0.05) is 0 Å². The Kier molecular flexibility index (Phi) is 3.85. The summed E-state index contributed by atoms with van der Waals surface area (Å²) in [5.74, 6) is 0.580. The zero-order valence-electron chi connectivity index (χ0n) is 11.5. The molecule has 0 radical (unpaired) electrons. The van der Waals surface area contributed by atoms with E-state index in [0.717, 1.165) is 17.3 Å². The first kappa shape index (κ1) is 13.5. The third-order valence-corrected chi connectivity index (χ3v) is 3.12. The molecular formula is C14H19N3O2. The molecule has 1 heterocycles. The van der Waals surface area contributed by atoms with Crippen molar-refractivity contribution >= 4 is 16.6 Å². The third-order valence-electron chi connectivity index (χ3n) is 3.12. The van der Waals surface area contributed by atoms with Crippen molar-refractivity contribution in [3.63, 3.8) is 0 Å². The molecule has 0 amide bonds. The highest BCUT2D eigenvalue weighted by Gasteiger charge is 2.16. The van der Waals surface area contributed by atoms with Crippen molar-refractivity contribution in [2.45, 2.75) is 25.9 Å². The van der Waals surface area contributed by atoms with Gasteiger partial charge >= 0.3 is 0 Å². The van der Waals surface area contributed by atoms with Crippen molar-refractivity contribution in [3.8, 4) is 5.88 Å². The Labute approximate surface area is 112 Å². The van der Waals surface area contributed by atoms with Crippen LogP contribution in [0.25, 0.3) is 10.9 Å². The van der Waals surface area contributed by atoms with E-state index in [1.54, 1.807) is 7.11 Å². The van der Waals surface area contributed by atoms with Gasteiger partial charge in [-0.3, -0.25) is 0 Å². The lowest BCUT2D eigenvalue weighted by Crippen LogP contribution is -2.25. The van der Waals surface area contributed by atoms with Gasteiger partial charge in [0, 0.05) is 19.2 Å². The molecule has 0 atom stereocenters. The van der Waals surface area contributed by atoms with Crippen molar-refractivity contribution < 1.29 is 9.47 Å². The van der Waals surface area contributed by atoms with Crippen molar-refractivity contribution in [2.75, 3.05) is 19.5 Å². The first-order valence-electron chi connectivity index (χ1n) is 6.20. The minimum Gasteiger partial charge on any atom is -0.477 e. The molecule has 5 heteroatoms. The molecule has 0 fully saturated rings. The molecule has 2 aromatic rings. The van der Waals surface area contributed by atoms with Crippen molar-refractivity contribution in [1.29, 1.82) is 0 Å². The van der Waals surface area contributed by atoms with Crippen molar-refractivity contribution in [2.24, 2.45) is 0 Å². The van der Waals surface area contributed by atoms with E-state index < -0.39 is 0 Å². The number of methoxy groups -OCH3 is 1. The lowest BCUT2D eigenvalue weighted by atomic mass is 10.1. The molecule has 2 N–H and O–H groups in total. The average Bonchev–Trinajstić information content (AvgIpc) is 2.38. The van der Waals surface area contributed by atoms with Crippen LogP contribution in [0.5, 0.6) is 5.88 Å². The van der Waals surface area contributed by atoms with Crippen LogP contribution in [0.15, 0.2) is 24.5 Å². The fourth-order valence-corrected chi connectivity index (χ4v) is 1.66. The maximum absolute atomic E-state index is 5.73. The van der Waals surface area contributed by atoms with E-state index in [4.69, 9.17) is 15.2 Å². The van der Waals surface area contributed by atoms with Crippen LogP contribution in [0.2, 0.25) is 0 Å². The summed E-state index contributed by atoms with van der Waals surface area (Å²) in [6, 6.07) is 5.50. The Morgan fingerprint density at radius 2 is 2.05 bits per heavy atom. The lowest BCUT2D eigenvalue weighted by Gasteiger charge is -2.22. The maximum atomic E-state index is 5.73. The molecular weight excluding hydrogens is 242 g/mol. The standard InChI is InChI=1S/C14H19N3O2/c1-14(2,18-3)6-7-19-13-11-5-4-10(15)8-12(11)16-9-17-13/h4-5,8-9H,6-7,15H2,1-3H3. The number of anilines is 1. The Hall–Kier alpha value is -1.88. The van der Waals surface area contributed by atoms with E-state index in [-0.39, 0.29) is 5.60 Å². The van der Waals surface area contributed by atoms with Crippen LogP contribution < -0.4 is 10.5 Å². The number of benzene rings is 1. The summed E-state index contributed by atoms with van der Waals surface area (Å²) in [7, 11) is 1.70. The zero-order chi connectivity index (χ0) is 13.9. The average molecular weight is 261 g/mol. The van der Waals surface area contributed by atoms with Crippen molar-refractivity contribution in [3.05, 3.63) is 24.5 Å². The van der Waals surface area contributed by atoms with Crippen molar-refractivity contribution in [1.82, 2.24) is 9.97 Å².